The second-order valence-electron chi connectivity index (χ2n) is 3.16. The molecule has 0 N–H and O–H groups in total. The molecular weight excluding hydrogens is 188 g/mol. The molecular formula is C10H11ClS. The molecule has 1 aromatic rings. The van der Waals surface area contributed by atoms with E-state index in [1.54, 1.807) is 11.8 Å². The lowest BCUT2D eigenvalue weighted by atomic mass is 10.1. The number of rotatable bonds is 2. The normalized spacial score (nSPS) is 16.5. The Bertz CT molecular complexity index is 292. The van der Waals surface area contributed by atoms with Gasteiger partial charge in [-0.3, -0.25) is 0 Å². The average molecular weight is 199 g/mol. The highest BCUT2D eigenvalue weighted by Gasteiger charge is 2.25. The summed E-state index contributed by atoms with van der Waals surface area (Å²) in [6.07, 6.45) is 4.73. The summed E-state index contributed by atoms with van der Waals surface area (Å²) < 4.78 is 0. The second kappa shape index (κ2) is 3.31. The molecule has 0 aliphatic heterocycles. The van der Waals surface area contributed by atoms with E-state index < -0.39 is 0 Å². The Hall–Kier alpha value is -0.140. The molecule has 1 fully saturated rings. The van der Waals surface area contributed by atoms with Crippen LogP contribution in [0.25, 0.3) is 0 Å². The van der Waals surface area contributed by atoms with Crippen LogP contribution in [0.5, 0.6) is 0 Å². The zero-order valence-electron chi connectivity index (χ0n) is 7.01. The van der Waals surface area contributed by atoms with Crippen LogP contribution in [-0.4, -0.2) is 6.26 Å². The van der Waals surface area contributed by atoms with Crippen molar-refractivity contribution in [2.24, 2.45) is 0 Å². The van der Waals surface area contributed by atoms with E-state index in [4.69, 9.17) is 11.6 Å². The Kier molecular flexibility index (Phi) is 2.33. The maximum absolute atomic E-state index is 6.08. The summed E-state index contributed by atoms with van der Waals surface area (Å²) in [6, 6.07) is 6.32. The zero-order valence-corrected chi connectivity index (χ0v) is 8.58. The summed E-state index contributed by atoms with van der Waals surface area (Å²) in [5.41, 5.74) is 1.35. The molecule has 0 spiro atoms. The lowest BCUT2D eigenvalue weighted by molar-refractivity contribution is 1.11. The van der Waals surface area contributed by atoms with Crippen molar-refractivity contribution >= 4 is 23.4 Å². The summed E-state index contributed by atoms with van der Waals surface area (Å²) in [7, 11) is 0. The highest BCUT2D eigenvalue weighted by molar-refractivity contribution is 7.98. The van der Waals surface area contributed by atoms with Crippen LogP contribution in [0, 0.1) is 0 Å². The topological polar surface area (TPSA) is 0 Å². The van der Waals surface area contributed by atoms with E-state index in [2.05, 4.69) is 18.4 Å². The molecule has 0 radical (unpaired) electrons. The highest BCUT2D eigenvalue weighted by Crippen LogP contribution is 2.44. The van der Waals surface area contributed by atoms with Gasteiger partial charge in [0.05, 0.1) is 0 Å². The first-order valence-electron chi connectivity index (χ1n) is 4.14. The third-order valence-electron chi connectivity index (χ3n) is 2.22. The standard InChI is InChI=1S/C10H11ClS/c1-12-8-4-5-10(11)9(6-8)7-2-3-7/h4-7H,2-3H2,1H3. The van der Waals surface area contributed by atoms with Gasteiger partial charge in [0.15, 0.2) is 0 Å². The van der Waals surface area contributed by atoms with Gasteiger partial charge in [-0.1, -0.05) is 11.6 Å². The van der Waals surface area contributed by atoms with Gasteiger partial charge in [-0.05, 0) is 48.8 Å². The average Bonchev–Trinajstić information content (AvgIpc) is 2.88. The third-order valence-corrected chi connectivity index (χ3v) is 3.29. The van der Waals surface area contributed by atoms with Gasteiger partial charge in [-0.25, -0.2) is 0 Å². The first-order chi connectivity index (χ1) is 5.81. The molecule has 0 unspecified atom stereocenters. The maximum Gasteiger partial charge on any atom is 0.0441 e. The Labute approximate surface area is 82.3 Å². The SMILES string of the molecule is CSc1ccc(Cl)c(C2CC2)c1. The molecule has 0 amide bonds. The predicted molar refractivity (Wildman–Crippen MR) is 55.2 cm³/mol. The van der Waals surface area contributed by atoms with Gasteiger partial charge in [0.25, 0.3) is 0 Å². The molecule has 1 saturated carbocycles. The van der Waals surface area contributed by atoms with Crippen molar-refractivity contribution in [1.82, 2.24) is 0 Å². The first-order valence-corrected chi connectivity index (χ1v) is 5.75. The predicted octanol–water partition coefficient (Wildman–Crippen LogP) is 3.94. The molecule has 1 aromatic carbocycles. The first kappa shape index (κ1) is 8.46. The molecule has 64 valence electrons. The lowest BCUT2D eigenvalue weighted by Gasteiger charge is -2.03. The van der Waals surface area contributed by atoms with Crippen LogP contribution in [0.3, 0.4) is 0 Å². The summed E-state index contributed by atoms with van der Waals surface area (Å²) in [5, 5.41) is 0.940. The Morgan fingerprint density at radius 2 is 2.17 bits per heavy atom. The highest BCUT2D eigenvalue weighted by atomic mass is 35.5. The Balaban J connectivity index is 2.36. The summed E-state index contributed by atoms with van der Waals surface area (Å²) >= 11 is 7.86. The second-order valence-corrected chi connectivity index (χ2v) is 4.45. The van der Waals surface area contributed by atoms with Gasteiger partial charge in [-0.2, -0.15) is 0 Å². The van der Waals surface area contributed by atoms with Crippen LogP contribution in [0.4, 0.5) is 0 Å². The molecule has 2 heteroatoms. The van der Waals surface area contributed by atoms with Crippen molar-refractivity contribution in [1.29, 1.82) is 0 Å². The fourth-order valence-corrected chi connectivity index (χ4v) is 2.08. The van der Waals surface area contributed by atoms with E-state index in [1.807, 2.05) is 6.07 Å². The minimum atomic E-state index is 0.754. The minimum absolute atomic E-state index is 0.754. The van der Waals surface area contributed by atoms with Crippen LogP contribution < -0.4 is 0 Å². The fourth-order valence-electron chi connectivity index (χ4n) is 1.36. The van der Waals surface area contributed by atoms with Crippen LogP contribution in [0.15, 0.2) is 23.1 Å². The van der Waals surface area contributed by atoms with Gasteiger partial charge in [0.2, 0.25) is 0 Å². The van der Waals surface area contributed by atoms with Crippen LogP contribution in [-0.2, 0) is 0 Å². The van der Waals surface area contributed by atoms with Crippen molar-refractivity contribution < 1.29 is 0 Å². The number of thioether (sulfide) groups is 1. The van der Waals surface area contributed by atoms with Gasteiger partial charge < -0.3 is 0 Å². The molecule has 12 heavy (non-hydrogen) atoms. The maximum atomic E-state index is 6.08. The molecule has 1 aliphatic carbocycles. The fraction of sp³-hybridized carbons (Fsp3) is 0.400. The van der Waals surface area contributed by atoms with E-state index >= 15 is 0 Å². The molecule has 0 bridgehead atoms. The van der Waals surface area contributed by atoms with Crippen LogP contribution in [0.2, 0.25) is 5.02 Å². The van der Waals surface area contributed by atoms with Crippen molar-refractivity contribution in [3.63, 3.8) is 0 Å². The summed E-state index contributed by atoms with van der Waals surface area (Å²) in [4.78, 5) is 1.32. The quantitative estimate of drug-likeness (QED) is 0.649. The van der Waals surface area contributed by atoms with E-state index in [-0.39, 0.29) is 0 Å². The van der Waals surface area contributed by atoms with E-state index in [1.165, 1.54) is 23.3 Å². The van der Waals surface area contributed by atoms with Crippen molar-refractivity contribution in [3.05, 3.63) is 28.8 Å². The Morgan fingerprint density at radius 3 is 2.75 bits per heavy atom. The smallest absolute Gasteiger partial charge is 0.0441 e. The van der Waals surface area contributed by atoms with Gasteiger partial charge in [-0.15, -0.1) is 11.8 Å². The molecule has 2 rings (SSSR count). The molecule has 0 saturated heterocycles. The van der Waals surface area contributed by atoms with Crippen molar-refractivity contribution in [2.75, 3.05) is 6.26 Å². The summed E-state index contributed by atoms with van der Waals surface area (Å²) in [6.45, 7) is 0. The number of halogens is 1. The molecule has 0 heterocycles. The molecule has 0 atom stereocenters. The van der Waals surface area contributed by atoms with Gasteiger partial charge >= 0.3 is 0 Å². The monoisotopic (exact) mass is 198 g/mol. The number of benzene rings is 1. The number of hydrogen-bond acceptors (Lipinski definition) is 1. The molecule has 0 nitrogen and oxygen atoms in total. The largest absolute Gasteiger partial charge is 0.130 e. The molecule has 1 aliphatic rings. The van der Waals surface area contributed by atoms with E-state index in [0.29, 0.717) is 0 Å². The number of hydrogen-bond donors (Lipinski definition) is 0. The van der Waals surface area contributed by atoms with Gasteiger partial charge in [0.1, 0.15) is 0 Å². The van der Waals surface area contributed by atoms with Gasteiger partial charge in [0, 0.05) is 9.92 Å². The summed E-state index contributed by atoms with van der Waals surface area (Å²) in [5.74, 6) is 0.754. The zero-order chi connectivity index (χ0) is 8.55. The lowest BCUT2D eigenvalue weighted by Crippen LogP contribution is -1.81. The van der Waals surface area contributed by atoms with Crippen molar-refractivity contribution in [3.8, 4) is 0 Å². The van der Waals surface area contributed by atoms with Crippen LogP contribution >= 0.6 is 23.4 Å². The van der Waals surface area contributed by atoms with E-state index in [0.717, 1.165) is 10.9 Å². The Morgan fingerprint density at radius 1 is 1.42 bits per heavy atom. The third kappa shape index (κ3) is 1.62. The van der Waals surface area contributed by atoms with Crippen molar-refractivity contribution in [2.45, 2.75) is 23.7 Å². The van der Waals surface area contributed by atoms with E-state index in [9.17, 15) is 0 Å². The van der Waals surface area contributed by atoms with Crippen LogP contribution in [0.1, 0.15) is 24.3 Å². The minimum Gasteiger partial charge on any atom is -0.130 e. The molecule has 0 aromatic heterocycles.